The molecule has 2 N–H and O–H groups in total. The molecule has 20 heavy (non-hydrogen) atoms. The minimum atomic E-state index is 0.175. The first-order valence-corrected chi connectivity index (χ1v) is 6.20. The zero-order chi connectivity index (χ0) is 14.2. The van der Waals surface area contributed by atoms with Crippen LogP contribution < -0.4 is 0 Å². The van der Waals surface area contributed by atoms with E-state index in [1.165, 1.54) is 0 Å². The van der Waals surface area contributed by atoms with Gasteiger partial charge in [-0.15, -0.1) is 0 Å². The molecule has 0 amide bonds. The molecule has 100 valence electrons. The van der Waals surface area contributed by atoms with E-state index in [-0.39, 0.29) is 11.5 Å². The standard InChI is InChI=1S/C12H10O2.C5H5N/c13-11-7-3-1-5-9(11)10-6-2-4-8-12(10)14;1-2-4-6-5-3-1/h1-8,13-14H;1-5H. The maximum atomic E-state index is 9.58. The Labute approximate surface area is 117 Å². The van der Waals surface area contributed by atoms with Crippen molar-refractivity contribution in [2.75, 3.05) is 0 Å². The molecule has 3 aromatic rings. The molecule has 0 aliphatic rings. The van der Waals surface area contributed by atoms with Gasteiger partial charge in [0.25, 0.3) is 0 Å². The van der Waals surface area contributed by atoms with Gasteiger partial charge in [-0.2, -0.15) is 0 Å². The highest BCUT2D eigenvalue weighted by molar-refractivity contribution is 5.74. The van der Waals surface area contributed by atoms with Crippen molar-refractivity contribution in [1.82, 2.24) is 4.98 Å². The monoisotopic (exact) mass is 265 g/mol. The summed E-state index contributed by atoms with van der Waals surface area (Å²) in [7, 11) is 0. The summed E-state index contributed by atoms with van der Waals surface area (Å²) in [5, 5.41) is 19.2. The van der Waals surface area contributed by atoms with Crippen LogP contribution in [0.2, 0.25) is 0 Å². The fourth-order valence-corrected chi connectivity index (χ4v) is 1.72. The average Bonchev–Trinajstić information content (AvgIpc) is 2.51. The van der Waals surface area contributed by atoms with Crippen molar-refractivity contribution in [3.8, 4) is 22.6 Å². The fraction of sp³-hybridized carbons (Fsp3) is 0. The van der Waals surface area contributed by atoms with E-state index in [2.05, 4.69) is 4.98 Å². The van der Waals surface area contributed by atoms with Gasteiger partial charge in [0, 0.05) is 23.5 Å². The van der Waals surface area contributed by atoms with Crippen molar-refractivity contribution < 1.29 is 10.2 Å². The summed E-state index contributed by atoms with van der Waals surface area (Å²) in [5.41, 5.74) is 1.29. The fourth-order valence-electron chi connectivity index (χ4n) is 1.72. The Hall–Kier alpha value is -2.81. The number of aromatic nitrogens is 1. The average molecular weight is 265 g/mol. The Bertz CT molecular complexity index is 584. The summed E-state index contributed by atoms with van der Waals surface area (Å²) >= 11 is 0. The van der Waals surface area contributed by atoms with Crippen molar-refractivity contribution in [2.45, 2.75) is 0 Å². The Morgan fingerprint density at radius 1 is 0.550 bits per heavy atom. The molecule has 3 heteroatoms. The van der Waals surface area contributed by atoms with Crippen LogP contribution in [0.4, 0.5) is 0 Å². The number of hydrogen-bond acceptors (Lipinski definition) is 3. The SMILES string of the molecule is Oc1ccccc1-c1ccccc1O.c1ccncc1. The highest BCUT2D eigenvalue weighted by Crippen LogP contribution is 2.34. The van der Waals surface area contributed by atoms with E-state index < -0.39 is 0 Å². The van der Waals surface area contributed by atoms with Gasteiger partial charge in [-0.05, 0) is 24.3 Å². The summed E-state index contributed by atoms with van der Waals surface area (Å²) in [6.07, 6.45) is 3.50. The van der Waals surface area contributed by atoms with Crippen molar-refractivity contribution >= 4 is 0 Å². The van der Waals surface area contributed by atoms with E-state index >= 15 is 0 Å². The van der Waals surface area contributed by atoms with Gasteiger partial charge in [0.1, 0.15) is 11.5 Å². The van der Waals surface area contributed by atoms with E-state index in [1.54, 1.807) is 48.8 Å². The molecule has 0 saturated carbocycles. The number of benzene rings is 2. The maximum absolute atomic E-state index is 9.58. The second-order valence-corrected chi connectivity index (χ2v) is 4.06. The zero-order valence-electron chi connectivity index (χ0n) is 10.8. The third kappa shape index (κ3) is 3.59. The van der Waals surface area contributed by atoms with Crippen LogP contribution in [0.25, 0.3) is 11.1 Å². The van der Waals surface area contributed by atoms with Crippen LogP contribution >= 0.6 is 0 Å². The molecule has 3 nitrogen and oxygen atoms in total. The predicted octanol–water partition coefficient (Wildman–Crippen LogP) is 3.85. The molecule has 0 atom stereocenters. The molecule has 0 aliphatic heterocycles. The third-order valence-corrected chi connectivity index (χ3v) is 2.66. The molecular weight excluding hydrogens is 250 g/mol. The van der Waals surface area contributed by atoms with Crippen molar-refractivity contribution in [1.29, 1.82) is 0 Å². The van der Waals surface area contributed by atoms with Gasteiger partial charge in [-0.3, -0.25) is 4.98 Å². The molecular formula is C17H15NO2. The third-order valence-electron chi connectivity index (χ3n) is 2.66. The first-order chi connectivity index (χ1) is 9.79. The molecule has 0 saturated heterocycles. The highest BCUT2D eigenvalue weighted by Gasteiger charge is 2.06. The van der Waals surface area contributed by atoms with Gasteiger partial charge in [-0.1, -0.05) is 42.5 Å². The zero-order valence-corrected chi connectivity index (χ0v) is 10.8. The second kappa shape index (κ2) is 6.95. The number of nitrogens with zero attached hydrogens (tertiary/aromatic N) is 1. The van der Waals surface area contributed by atoms with E-state index in [0.717, 1.165) is 0 Å². The van der Waals surface area contributed by atoms with Crippen LogP contribution in [-0.2, 0) is 0 Å². The van der Waals surface area contributed by atoms with Gasteiger partial charge in [0.05, 0.1) is 0 Å². The van der Waals surface area contributed by atoms with Gasteiger partial charge in [0.2, 0.25) is 0 Å². The number of pyridine rings is 1. The molecule has 0 unspecified atom stereocenters. The molecule has 0 bridgehead atoms. The van der Waals surface area contributed by atoms with Crippen LogP contribution in [-0.4, -0.2) is 15.2 Å². The Morgan fingerprint density at radius 3 is 1.30 bits per heavy atom. The first kappa shape index (κ1) is 13.6. The number of phenols is 2. The lowest BCUT2D eigenvalue weighted by Gasteiger charge is -2.05. The van der Waals surface area contributed by atoms with Crippen LogP contribution in [0.5, 0.6) is 11.5 Å². The maximum Gasteiger partial charge on any atom is 0.123 e. The van der Waals surface area contributed by atoms with Crippen molar-refractivity contribution in [2.24, 2.45) is 0 Å². The molecule has 0 fully saturated rings. The lowest BCUT2D eigenvalue weighted by Crippen LogP contribution is -1.79. The van der Waals surface area contributed by atoms with Crippen molar-refractivity contribution in [3.63, 3.8) is 0 Å². The quantitative estimate of drug-likeness (QED) is 0.702. The minimum Gasteiger partial charge on any atom is -0.507 e. The number of phenolic OH excluding ortho intramolecular Hbond substituents is 2. The Kier molecular flexibility index (Phi) is 4.73. The molecule has 0 aliphatic carbocycles. The molecule has 2 aromatic carbocycles. The summed E-state index contributed by atoms with van der Waals surface area (Å²) in [6.45, 7) is 0. The summed E-state index contributed by atoms with van der Waals surface area (Å²) in [4.78, 5) is 3.78. The van der Waals surface area contributed by atoms with Crippen LogP contribution in [0.3, 0.4) is 0 Å². The molecule has 1 aromatic heterocycles. The van der Waals surface area contributed by atoms with E-state index in [4.69, 9.17) is 0 Å². The van der Waals surface area contributed by atoms with Gasteiger partial charge >= 0.3 is 0 Å². The highest BCUT2D eigenvalue weighted by atomic mass is 16.3. The van der Waals surface area contributed by atoms with Gasteiger partial charge in [-0.25, -0.2) is 0 Å². The predicted molar refractivity (Wildman–Crippen MR) is 79.4 cm³/mol. The number of aromatic hydroxyl groups is 2. The van der Waals surface area contributed by atoms with Gasteiger partial charge in [0.15, 0.2) is 0 Å². The lowest BCUT2D eigenvalue weighted by molar-refractivity contribution is 0.469. The van der Waals surface area contributed by atoms with E-state index in [0.29, 0.717) is 11.1 Å². The Morgan fingerprint density at radius 2 is 1.00 bits per heavy atom. The smallest absolute Gasteiger partial charge is 0.123 e. The molecule has 1 heterocycles. The molecule has 3 rings (SSSR count). The summed E-state index contributed by atoms with van der Waals surface area (Å²) < 4.78 is 0. The number of para-hydroxylation sites is 2. The summed E-state index contributed by atoms with van der Waals surface area (Å²) in [6, 6.07) is 19.6. The van der Waals surface area contributed by atoms with Crippen LogP contribution in [0.15, 0.2) is 79.1 Å². The lowest BCUT2D eigenvalue weighted by atomic mass is 10.0. The minimum absolute atomic E-state index is 0.175. The van der Waals surface area contributed by atoms with Crippen LogP contribution in [0, 0.1) is 0 Å². The molecule has 0 spiro atoms. The van der Waals surface area contributed by atoms with E-state index in [9.17, 15) is 10.2 Å². The normalized spacial score (nSPS) is 9.40. The molecule has 0 radical (unpaired) electrons. The van der Waals surface area contributed by atoms with Crippen LogP contribution in [0.1, 0.15) is 0 Å². The number of hydrogen-bond donors (Lipinski definition) is 2. The van der Waals surface area contributed by atoms with Gasteiger partial charge < -0.3 is 10.2 Å². The second-order valence-electron chi connectivity index (χ2n) is 4.06. The number of rotatable bonds is 1. The topological polar surface area (TPSA) is 53.4 Å². The largest absolute Gasteiger partial charge is 0.507 e. The Balaban J connectivity index is 0.000000205. The van der Waals surface area contributed by atoms with Crippen molar-refractivity contribution in [3.05, 3.63) is 79.1 Å². The van der Waals surface area contributed by atoms with E-state index in [1.807, 2.05) is 30.3 Å². The first-order valence-electron chi connectivity index (χ1n) is 6.20. The summed E-state index contributed by atoms with van der Waals surface area (Å²) in [5.74, 6) is 0.350.